The minimum absolute atomic E-state index is 0.658. The van der Waals surface area contributed by atoms with Crippen LogP contribution < -0.4 is 5.32 Å². The Morgan fingerprint density at radius 2 is 2.10 bits per heavy atom. The normalized spacial score (nSPS) is 11.3. The monoisotopic (exact) mass is 334 g/mol. The number of hydrogen-bond acceptors (Lipinski definition) is 4. The molecule has 0 aliphatic rings. The molecular formula is C15H15BrN2O2. The van der Waals surface area contributed by atoms with Gasteiger partial charge in [-0.3, -0.25) is 0 Å². The van der Waals surface area contributed by atoms with Gasteiger partial charge in [0.05, 0.1) is 5.69 Å². The molecule has 5 heteroatoms. The summed E-state index contributed by atoms with van der Waals surface area (Å²) in [4.78, 5) is 0. The van der Waals surface area contributed by atoms with Crippen molar-refractivity contribution in [3.05, 3.63) is 40.5 Å². The van der Waals surface area contributed by atoms with E-state index in [1.54, 1.807) is 0 Å². The quantitative estimate of drug-likeness (QED) is 0.704. The largest absolute Gasteiger partial charge is 0.453 e. The molecule has 3 aromatic rings. The van der Waals surface area contributed by atoms with E-state index in [4.69, 9.17) is 8.94 Å². The molecule has 104 valence electrons. The molecule has 0 aliphatic heterocycles. The Labute approximate surface area is 125 Å². The van der Waals surface area contributed by atoms with Gasteiger partial charge in [-0.2, -0.15) is 0 Å². The number of furan rings is 1. The molecule has 3 rings (SSSR count). The van der Waals surface area contributed by atoms with E-state index in [2.05, 4.69) is 33.3 Å². The van der Waals surface area contributed by atoms with Crippen LogP contribution in [-0.2, 0) is 6.54 Å². The zero-order valence-corrected chi connectivity index (χ0v) is 12.7. The topological polar surface area (TPSA) is 51.2 Å². The van der Waals surface area contributed by atoms with E-state index in [1.165, 1.54) is 0 Å². The lowest BCUT2D eigenvalue weighted by Gasteiger charge is -1.96. The highest BCUT2D eigenvalue weighted by Crippen LogP contribution is 2.29. The van der Waals surface area contributed by atoms with Gasteiger partial charge in [0, 0.05) is 22.5 Å². The molecule has 2 aromatic heterocycles. The van der Waals surface area contributed by atoms with Crippen LogP contribution in [0.4, 0.5) is 0 Å². The summed E-state index contributed by atoms with van der Waals surface area (Å²) in [5, 5.41) is 8.37. The third kappa shape index (κ3) is 2.78. The lowest BCUT2D eigenvalue weighted by molar-refractivity contribution is 0.410. The summed E-state index contributed by atoms with van der Waals surface area (Å²) in [6.45, 7) is 3.82. The van der Waals surface area contributed by atoms with E-state index in [0.29, 0.717) is 18.1 Å². The minimum Gasteiger partial charge on any atom is -0.453 e. The Hall–Kier alpha value is -1.59. The van der Waals surface area contributed by atoms with Crippen LogP contribution in [0, 0.1) is 0 Å². The predicted octanol–water partition coefficient (Wildman–Crippen LogP) is 4.35. The Morgan fingerprint density at radius 1 is 1.20 bits per heavy atom. The van der Waals surface area contributed by atoms with Crippen molar-refractivity contribution in [2.24, 2.45) is 0 Å². The fourth-order valence-corrected chi connectivity index (χ4v) is 2.42. The van der Waals surface area contributed by atoms with Gasteiger partial charge in [-0.1, -0.05) is 28.0 Å². The van der Waals surface area contributed by atoms with E-state index < -0.39 is 0 Å². The first-order valence-electron chi connectivity index (χ1n) is 6.62. The highest BCUT2D eigenvalue weighted by Gasteiger charge is 2.12. The SMILES string of the molecule is CCCNCc1cc(-c2cc3cc(Br)ccc3o2)on1. The van der Waals surface area contributed by atoms with Crippen LogP contribution in [0.25, 0.3) is 22.5 Å². The first kappa shape index (κ1) is 13.4. The molecule has 0 amide bonds. The van der Waals surface area contributed by atoms with Gasteiger partial charge in [0.2, 0.25) is 5.76 Å². The molecule has 1 aromatic carbocycles. The van der Waals surface area contributed by atoms with E-state index >= 15 is 0 Å². The maximum absolute atomic E-state index is 5.77. The summed E-state index contributed by atoms with van der Waals surface area (Å²) in [7, 11) is 0. The predicted molar refractivity (Wildman–Crippen MR) is 81.4 cm³/mol. The molecule has 0 saturated heterocycles. The van der Waals surface area contributed by atoms with Crippen molar-refractivity contribution < 1.29 is 8.94 Å². The highest BCUT2D eigenvalue weighted by atomic mass is 79.9. The Bertz CT molecular complexity index is 718. The molecule has 4 nitrogen and oxygen atoms in total. The summed E-state index contributed by atoms with van der Waals surface area (Å²) in [5.41, 5.74) is 1.72. The van der Waals surface area contributed by atoms with E-state index in [0.717, 1.165) is 34.1 Å². The van der Waals surface area contributed by atoms with Crippen LogP contribution in [-0.4, -0.2) is 11.7 Å². The van der Waals surface area contributed by atoms with Gasteiger partial charge in [0.25, 0.3) is 0 Å². The molecule has 2 heterocycles. The average molecular weight is 335 g/mol. The van der Waals surface area contributed by atoms with E-state index in [-0.39, 0.29) is 0 Å². The number of fused-ring (bicyclic) bond motifs is 1. The lowest BCUT2D eigenvalue weighted by atomic mass is 10.2. The molecular weight excluding hydrogens is 320 g/mol. The molecule has 0 saturated carbocycles. The Kier molecular flexibility index (Phi) is 3.89. The number of halogens is 1. The van der Waals surface area contributed by atoms with Crippen molar-refractivity contribution in [2.45, 2.75) is 19.9 Å². The van der Waals surface area contributed by atoms with E-state index in [9.17, 15) is 0 Å². The van der Waals surface area contributed by atoms with Crippen LogP contribution in [0.5, 0.6) is 0 Å². The van der Waals surface area contributed by atoms with Gasteiger partial charge in [-0.15, -0.1) is 0 Å². The summed E-state index contributed by atoms with van der Waals surface area (Å²) < 4.78 is 12.1. The van der Waals surface area contributed by atoms with Crippen LogP contribution >= 0.6 is 15.9 Å². The standard InChI is InChI=1S/C15H15BrN2O2/c1-2-5-17-9-12-8-15(20-18-12)14-7-10-6-11(16)3-4-13(10)19-14/h3-4,6-8,17H,2,5,9H2,1H3. The summed E-state index contributed by atoms with van der Waals surface area (Å²) in [5.74, 6) is 1.36. The Morgan fingerprint density at radius 3 is 2.95 bits per heavy atom. The summed E-state index contributed by atoms with van der Waals surface area (Å²) >= 11 is 3.45. The average Bonchev–Trinajstić information content (AvgIpc) is 3.04. The van der Waals surface area contributed by atoms with Gasteiger partial charge >= 0.3 is 0 Å². The van der Waals surface area contributed by atoms with Gasteiger partial charge < -0.3 is 14.3 Å². The first-order chi connectivity index (χ1) is 9.76. The number of nitrogens with one attached hydrogen (secondary N) is 1. The maximum Gasteiger partial charge on any atom is 0.202 e. The molecule has 0 radical (unpaired) electrons. The van der Waals surface area contributed by atoms with Crippen molar-refractivity contribution in [2.75, 3.05) is 6.54 Å². The van der Waals surface area contributed by atoms with Gasteiger partial charge in [-0.05, 0) is 37.2 Å². The number of nitrogens with zero attached hydrogens (tertiary/aromatic N) is 1. The fraction of sp³-hybridized carbons (Fsp3) is 0.267. The van der Waals surface area contributed by atoms with Gasteiger partial charge in [0.15, 0.2) is 5.76 Å². The summed E-state index contributed by atoms with van der Waals surface area (Å²) in [6, 6.07) is 9.78. The van der Waals surface area contributed by atoms with Crippen molar-refractivity contribution in [3.8, 4) is 11.5 Å². The number of benzene rings is 1. The van der Waals surface area contributed by atoms with Gasteiger partial charge in [-0.25, -0.2) is 0 Å². The third-order valence-corrected chi connectivity index (χ3v) is 3.51. The van der Waals surface area contributed by atoms with Crippen LogP contribution in [0.2, 0.25) is 0 Å². The summed E-state index contributed by atoms with van der Waals surface area (Å²) in [6.07, 6.45) is 1.10. The zero-order chi connectivity index (χ0) is 13.9. The zero-order valence-electron chi connectivity index (χ0n) is 11.1. The number of hydrogen-bond donors (Lipinski definition) is 1. The molecule has 0 fully saturated rings. The molecule has 0 bridgehead atoms. The van der Waals surface area contributed by atoms with Crippen LogP contribution in [0.15, 0.2) is 43.7 Å². The second-order valence-electron chi connectivity index (χ2n) is 4.65. The van der Waals surface area contributed by atoms with Crippen molar-refractivity contribution in [3.63, 3.8) is 0 Å². The Balaban J connectivity index is 1.83. The molecule has 0 spiro atoms. The van der Waals surface area contributed by atoms with E-state index in [1.807, 2.05) is 30.3 Å². The molecule has 20 heavy (non-hydrogen) atoms. The number of rotatable bonds is 5. The fourth-order valence-electron chi connectivity index (χ4n) is 2.04. The van der Waals surface area contributed by atoms with Crippen molar-refractivity contribution >= 4 is 26.9 Å². The number of aromatic nitrogens is 1. The van der Waals surface area contributed by atoms with Crippen molar-refractivity contribution in [1.29, 1.82) is 0 Å². The first-order valence-corrected chi connectivity index (χ1v) is 7.41. The highest BCUT2D eigenvalue weighted by molar-refractivity contribution is 9.10. The minimum atomic E-state index is 0.658. The molecule has 1 N–H and O–H groups in total. The second kappa shape index (κ2) is 5.81. The van der Waals surface area contributed by atoms with Crippen LogP contribution in [0.3, 0.4) is 0 Å². The third-order valence-electron chi connectivity index (χ3n) is 3.01. The molecule has 0 unspecified atom stereocenters. The van der Waals surface area contributed by atoms with Crippen molar-refractivity contribution in [1.82, 2.24) is 10.5 Å². The second-order valence-corrected chi connectivity index (χ2v) is 5.57. The smallest absolute Gasteiger partial charge is 0.202 e. The van der Waals surface area contributed by atoms with Crippen LogP contribution in [0.1, 0.15) is 19.0 Å². The molecule has 0 aliphatic carbocycles. The molecule has 0 atom stereocenters. The van der Waals surface area contributed by atoms with Gasteiger partial charge in [0.1, 0.15) is 5.58 Å². The maximum atomic E-state index is 5.77. The lowest BCUT2D eigenvalue weighted by Crippen LogP contribution is -2.13.